The molecule has 37 nitrogen and oxygen atoms in total. The lowest BCUT2D eigenvalue weighted by molar-refractivity contribution is -0.125. The normalized spacial score (nSPS) is 11.6. The molecule has 0 bridgehead atoms. The van der Waals surface area contributed by atoms with Crippen molar-refractivity contribution in [2.24, 2.45) is 125 Å². The number of H-pyrrole nitrogens is 5. The van der Waals surface area contributed by atoms with Crippen molar-refractivity contribution in [3.63, 3.8) is 0 Å². The molecule has 0 aromatic carbocycles. The van der Waals surface area contributed by atoms with Crippen LogP contribution in [0.3, 0.4) is 0 Å². The molecule has 6 aromatic heterocycles. The summed E-state index contributed by atoms with van der Waals surface area (Å²) in [5.74, 6) is 19.8. The number of aliphatic imine (C=N–C) groups is 2. The van der Waals surface area contributed by atoms with Crippen LogP contribution in [0.1, 0.15) is 435 Å². The lowest BCUT2D eigenvalue weighted by atomic mass is 9.99. The number of imidazole rings is 2. The predicted octanol–water partition coefficient (Wildman–Crippen LogP) is 22.2. The van der Waals surface area contributed by atoms with Crippen molar-refractivity contribution in [3.05, 3.63) is 136 Å². The number of Topliss-reactive ketones (excluding diaryl/α,β-unsaturated/α-hetero) is 1. The second kappa shape index (κ2) is 91.9. The van der Waals surface area contributed by atoms with E-state index in [9.17, 15) is 28.8 Å². The summed E-state index contributed by atoms with van der Waals surface area (Å²) >= 11 is 0. The summed E-state index contributed by atoms with van der Waals surface area (Å²) in [4.78, 5) is 85.5. The molecule has 0 unspecified atom stereocenters. The second-order valence-corrected chi connectivity index (χ2v) is 41.8. The number of nitrogens with zero attached hydrogens (tertiary/aromatic N) is 17. The van der Waals surface area contributed by atoms with E-state index < -0.39 is 0 Å². The van der Waals surface area contributed by atoms with Crippen LogP contribution in [0.25, 0.3) is 0 Å². The lowest BCUT2D eigenvalue weighted by Gasteiger charge is -2.09. The summed E-state index contributed by atoms with van der Waals surface area (Å²) in [6.45, 7) is 106. The Labute approximate surface area is 865 Å². The van der Waals surface area contributed by atoms with Gasteiger partial charge in [0.25, 0.3) is 0 Å². The summed E-state index contributed by atoms with van der Waals surface area (Å²) in [6, 6.07) is 6.11. The summed E-state index contributed by atoms with van der Waals surface area (Å²) in [5, 5.41) is 68.7. The molecule has 826 valence electrons. The number of hydrogen-bond donors (Lipinski definition) is 14. The van der Waals surface area contributed by atoms with E-state index >= 15 is 0 Å². The third kappa shape index (κ3) is 108. The molecule has 0 radical (unpaired) electrons. The predicted molar refractivity (Wildman–Crippen MR) is 600 cm³/mol. The molecule has 4 amide bonds. The van der Waals surface area contributed by atoms with Crippen molar-refractivity contribution < 1.29 is 29.1 Å². The van der Waals surface area contributed by atoms with Gasteiger partial charge >= 0.3 is 0 Å². The van der Waals surface area contributed by atoms with Crippen LogP contribution in [0.4, 0.5) is 0 Å². The zero-order valence-corrected chi connectivity index (χ0v) is 98.7. The van der Waals surface area contributed by atoms with Gasteiger partial charge in [0.2, 0.25) is 29.2 Å². The SMILES string of the molecule is C=C1C=CC=CN1.CC(C)/C=C(\O)C(C)C.CC(C)C.CC(C)C.CC(C)C(N)=O.CC(C)C(N)=O.CC(C)C1=NN=NC1.CC(C)CC(=O)C(C)C.CC(C)N=C(N)C(C)C.CC(C)N=C(N)C(C)C.CC(C)NC(=O)C(C)C.CC(C)NC(=O)C(C)C.CC(C)c1cn(N)c(C(C)C)n1.CC(C)c1cnc(C(C)C)[nH]1.CC(C)c1nn[nH]n1.CC(C)c1nn[nH]n1.CC(C)c1nn[nH]n1.O=c1cccc[nH]1. The Morgan fingerprint density at radius 2 is 0.874 bits per heavy atom. The zero-order valence-electron chi connectivity index (χ0n) is 98.7. The molecule has 0 fully saturated rings. The highest BCUT2D eigenvalue weighted by Gasteiger charge is 2.15. The maximum atomic E-state index is 11.0. The molecular formula is C106H210N30O7. The minimum Gasteiger partial charge on any atom is -0.512 e. The molecule has 0 saturated carbocycles. The van der Waals surface area contributed by atoms with Gasteiger partial charge in [-0.05, 0) is 126 Å². The fourth-order valence-electron chi connectivity index (χ4n) is 7.61. The zero-order chi connectivity index (χ0) is 114. The Balaban J connectivity index is -0.000000164. The highest BCUT2D eigenvalue weighted by Crippen LogP contribution is 2.19. The number of nitrogens with two attached hydrogens (primary N) is 5. The van der Waals surface area contributed by atoms with Gasteiger partial charge in [0.1, 0.15) is 24.0 Å². The molecule has 37 heteroatoms. The molecule has 2 aliphatic rings. The number of aliphatic hydroxyl groups excluding tert-OH is 1. The van der Waals surface area contributed by atoms with Crippen LogP contribution in [-0.4, -0.2) is 169 Å². The smallest absolute Gasteiger partial charge is 0.247 e. The number of amides is 4. The van der Waals surface area contributed by atoms with E-state index in [1.54, 1.807) is 50.7 Å². The van der Waals surface area contributed by atoms with Gasteiger partial charge in [0.05, 0.1) is 28.8 Å². The average Bonchev–Trinajstić information content (AvgIpc) is 1.72. The van der Waals surface area contributed by atoms with Gasteiger partial charge in [-0.2, -0.15) is 20.8 Å². The number of dihydropyridines is 1. The number of carbonyl (C=O) groups excluding carboxylic acids is 5. The number of hydrogen-bond acceptors (Lipinski definition) is 25. The first-order valence-corrected chi connectivity index (χ1v) is 50.8. The Kier molecular flexibility index (Phi) is 97.6. The van der Waals surface area contributed by atoms with E-state index in [1.807, 2.05) is 223 Å². The molecule has 143 heavy (non-hydrogen) atoms. The van der Waals surface area contributed by atoms with Gasteiger partial charge in [-0.1, -0.05) is 325 Å². The first-order chi connectivity index (χ1) is 65.6. The summed E-state index contributed by atoms with van der Waals surface area (Å²) in [7, 11) is 0. The Hall–Kier alpha value is -11.3. The number of nitrogens with one attached hydrogen (secondary N) is 8. The van der Waals surface area contributed by atoms with Crippen LogP contribution in [0.5, 0.6) is 0 Å². The first kappa shape index (κ1) is 152. The third-order valence-electron chi connectivity index (χ3n) is 16.3. The number of primary amides is 2. The number of aromatic nitrogens is 17. The topological polar surface area (TPSA) is 576 Å². The Morgan fingerprint density at radius 3 is 1.00 bits per heavy atom. The molecule has 2 aliphatic heterocycles. The maximum Gasteiger partial charge on any atom is 0.247 e. The number of amidine groups is 2. The van der Waals surface area contributed by atoms with Gasteiger partial charge in [-0.3, -0.25) is 43.4 Å². The fraction of sp³-hybridized carbons (Fsp3) is 0.717. The molecule has 0 saturated heterocycles. The highest BCUT2D eigenvalue weighted by molar-refractivity contribution is 5.88. The average molecular weight is 2020 g/mol. The van der Waals surface area contributed by atoms with E-state index in [0.717, 1.165) is 76.2 Å². The number of aromatic amines is 5. The van der Waals surface area contributed by atoms with Crippen molar-refractivity contribution in [1.82, 2.24) is 102 Å². The van der Waals surface area contributed by atoms with Crippen molar-refractivity contribution in [3.8, 4) is 0 Å². The molecule has 8 rings (SSSR count). The molecule has 0 aliphatic carbocycles. The van der Waals surface area contributed by atoms with Crippen LogP contribution in [0.2, 0.25) is 0 Å². The minimum atomic E-state index is -0.241. The number of rotatable bonds is 23. The van der Waals surface area contributed by atoms with Crippen molar-refractivity contribution in [1.29, 1.82) is 0 Å². The first-order valence-electron chi connectivity index (χ1n) is 50.8. The number of allylic oxidation sites excluding steroid dienone is 5. The monoisotopic (exact) mass is 2020 g/mol. The number of ketones is 1. The Bertz CT molecular complexity index is 4020. The lowest BCUT2D eigenvalue weighted by Crippen LogP contribution is -2.33. The summed E-state index contributed by atoms with van der Waals surface area (Å²) < 4.78 is 1.62. The van der Waals surface area contributed by atoms with Crippen LogP contribution in [-0.2, 0) is 24.0 Å². The third-order valence-corrected chi connectivity index (χ3v) is 16.3. The van der Waals surface area contributed by atoms with Crippen LogP contribution in [0.15, 0.2) is 116 Å². The van der Waals surface area contributed by atoms with E-state index in [1.165, 1.54) is 11.8 Å². The van der Waals surface area contributed by atoms with Crippen LogP contribution >= 0.6 is 0 Å². The molecule has 6 aromatic rings. The largest absolute Gasteiger partial charge is 0.512 e. The number of pyridine rings is 1. The summed E-state index contributed by atoms with van der Waals surface area (Å²) in [5.41, 5.74) is 25.0. The highest BCUT2D eigenvalue weighted by atomic mass is 16.3. The molecule has 19 N–H and O–H groups in total. The van der Waals surface area contributed by atoms with Gasteiger partial charge in [0, 0.05) is 150 Å². The van der Waals surface area contributed by atoms with Gasteiger partial charge in [-0.25, -0.2) is 9.97 Å². The van der Waals surface area contributed by atoms with E-state index in [0.29, 0.717) is 101 Å². The number of aliphatic hydroxyl groups is 1. The molecule has 8 heterocycles. The number of tetrazole rings is 3. The number of nitrogen functional groups attached to an aromatic ring is 1. The van der Waals surface area contributed by atoms with Crippen LogP contribution in [0, 0.1) is 76.9 Å². The summed E-state index contributed by atoms with van der Waals surface area (Å²) in [6.07, 6.45) is 15.7. The van der Waals surface area contributed by atoms with Crippen molar-refractivity contribution >= 4 is 46.8 Å². The Morgan fingerprint density at radius 1 is 0.490 bits per heavy atom. The second-order valence-electron chi connectivity index (χ2n) is 41.8. The van der Waals surface area contributed by atoms with E-state index in [4.69, 9.17) is 33.9 Å². The fourth-order valence-corrected chi connectivity index (χ4v) is 7.61. The van der Waals surface area contributed by atoms with E-state index in [2.05, 4.69) is 268 Å². The van der Waals surface area contributed by atoms with Gasteiger partial charge < -0.3 is 59.8 Å². The van der Waals surface area contributed by atoms with Crippen molar-refractivity contribution in [2.75, 3.05) is 12.4 Å². The van der Waals surface area contributed by atoms with Gasteiger partial charge in [-0.15, -0.1) is 35.7 Å². The van der Waals surface area contributed by atoms with E-state index in [-0.39, 0.29) is 76.8 Å². The number of carbonyl (C=O) groups is 5. The molecule has 0 atom stereocenters. The van der Waals surface area contributed by atoms with Crippen LogP contribution < -0.4 is 50.3 Å². The van der Waals surface area contributed by atoms with Crippen molar-refractivity contribution in [2.45, 2.75) is 418 Å². The van der Waals surface area contributed by atoms with Gasteiger partial charge in [0.15, 0.2) is 17.5 Å². The quantitative estimate of drug-likeness (QED) is 0.0123. The maximum absolute atomic E-state index is 11.0. The standard InChI is InChI=1S/C9H17N3.C9H16N2.2C8H16O.2C7H16N2.2C7H15NO.C6H7N.C5H9N3.C5H5NO.3C4H8N4.2C4H9NO.2C4H10/c1-6(2)8-5-12(10)9(11-8)7(3)4;1-6(2)8-5-10-9(11-8)7(3)4;2*1-6(2)5-8(9)7(3)4;2*1-5(2)7(8)9-6(3)4;2*1-5(2)7(9)8-6(3)4;1-6-4-2-3-5-7-6;1-4(2)5-3-6-8-7-5;7-5-3-1-2-4-6-5;3*1-3(2)4-5-7-8-6-4;2*1-3(2)4(5)6;2*1-4(2)3/h5-7H,10H2,1-4H3;5-7H,1-4H3,(H,10,11);6-7H,5H2,1-4H3;5-7,9H,1-4H3;2*5-6H,1-4H3,(H2,8,9);2*5-6H,1-4H3,(H,8,9);2-5,7H,1H2;4H,3H2,1-2H3;1-4H,(H,6,7);3*3H,1-2H3,(H,5,6,7,8);2*3H,1-2H3,(H2,5,6);2*4H,1-3H3/b;;;8-5-;;;;;;;;;;;;;;. The molecular weight excluding hydrogens is 1810 g/mol. The minimum absolute atomic E-state index is 0.00926. The molecule has 0 spiro atoms.